The second-order valence-electron chi connectivity index (χ2n) is 7.60. The number of ether oxygens (including phenoxy) is 1. The second-order valence-corrected chi connectivity index (χ2v) is 8.97. The Morgan fingerprint density at radius 3 is 2.75 bits per heavy atom. The van der Waals surface area contributed by atoms with Crippen LogP contribution in [0, 0.1) is 6.92 Å². The fourth-order valence-corrected chi connectivity index (χ4v) is 4.67. The van der Waals surface area contributed by atoms with Crippen LogP contribution in [-0.4, -0.2) is 41.0 Å². The van der Waals surface area contributed by atoms with Crippen LogP contribution in [0.3, 0.4) is 0 Å². The number of rotatable bonds is 6. The molecule has 1 saturated heterocycles. The van der Waals surface area contributed by atoms with Crippen LogP contribution in [0.5, 0.6) is 5.75 Å². The number of aromatic nitrogens is 1. The Bertz CT molecular complexity index is 925. The summed E-state index contributed by atoms with van der Waals surface area (Å²) >= 11 is 1.85. The van der Waals surface area contributed by atoms with Crippen molar-refractivity contribution in [2.75, 3.05) is 20.2 Å². The summed E-state index contributed by atoms with van der Waals surface area (Å²) in [7, 11) is 1.65. The lowest BCUT2D eigenvalue weighted by Crippen LogP contribution is -2.45. The van der Waals surface area contributed by atoms with Crippen LogP contribution in [0.25, 0.3) is 11.3 Å². The van der Waals surface area contributed by atoms with Crippen molar-refractivity contribution in [3.8, 4) is 17.0 Å². The molecule has 0 radical (unpaired) electrons. The first-order chi connectivity index (χ1) is 13.5. The zero-order valence-corrected chi connectivity index (χ0v) is 17.2. The highest BCUT2D eigenvalue weighted by Gasteiger charge is 2.34. The van der Waals surface area contributed by atoms with Crippen LogP contribution in [0.2, 0.25) is 0 Å². The average Bonchev–Trinajstić information content (AvgIpc) is 3.32. The average molecular weight is 399 g/mol. The van der Waals surface area contributed by atoms with E-state index in [-0.39, 0.29) is 0 Å². The summed E-state index contributed by atoms with van der Waals surface area (Å²) in [5.41, 5.74) is 0.984. The topological polar surface area (TPSA) is 58.7 Å². The predicted octanol–water partition coefficient (Wildman–Crippen LogP) is 4.29. The minimum absolute atomic E-state index is 0.496. The van der Waals surface area contributed by atoms with Crippen LogP contribution >= 0.6 is 11.3 Å². The Labute approximate surface area is 169 Å². The first-order valence-electron chi connectivity index (χ1n) is 9.63. The van der Waals surface area contributed by atoms with E-state index in [0.717, 1.165) is 55.2 Å². The Balaban J connectivity index is 1.36. The molecule has 5 nitrogen and oxygen atoms in total. The molecule has 6 heteroatoms. The number of benzene rings is 1. The van der Waals surface area contributed by atoms with Crippen molar-refractivity contribution in [3.63, 3.8) is 0 Å². The highest BCUT2D eigenvalue weighted by molar-refractivity contribution is 7.11. The van der Waals surface area contributed by atoms with Gasteiger partial charge >= 0.3 is 0 Å². The molecule has 28 heavy (non-hydrogen) atoms. The van der Waals surface area contributed by atoms with Gasteiger partial charge in [0, 0.05) is 47.4 Å². The summed E-state index contributed by atoms with van der Waals surface area (Å²) in [5, 5.41) is 15.2. The van der Waals surface area contributed by atoms with Crippen LogP contribution in [-0.2, 0) is 13.0 Å². The van der Waals surface area contributed by atoms with E-state index >= 15 is 0 Å². The Morgan fingerprint density at radius 2 is 2.04 bits per heavy atom. The van der Waals surface area contributed by atoms with Gasteiger partial charge in [-0.2, -0.15) is 0 Å². The molecule has 0 unspecified atom stereocenters. The number of piperidine rings is 1. The van der Waals surface area contributed by atoms with E-state index in [0.29, 0.717) is 6.42 Å². The summed E-state index contributed by atoms with van der Waals surface area (Å²) < 4.78 is 10.8. The summed E-state index contributed by atoms with van der Waals surface area (Å²) in [6.07, 6.45) is 1.98. The van der Waals surface area contributed by atoms with E-state index in [1.807, 2.05) is 41.7 Å². The minimum atomic E-state index is -0.729. The van der Waals surface area contributed by atoms with E-state index in [1.54, 1.807) is 7.11 Å². The van der Waals surface area contributed by atoms with E-state index in [9.17, 15) is 5.11 Å². The second kappa shape index (κ2) is 8.07. The maximum Gasteiger partial charge on any atom is 0.140 e. The van der Waals surface area contributed by atoms with Crippen molar-refractivity contribution in [2.24, 2.45) is 0 Å². The van der Waals surface area contributed by atoms with Gasteiger partial charge in [0.05, 0.1) is 12.7 Å². The molecular weight excluding hydrogens is 372 g/mol. The maximum absolute atomic E-state index is 11.0. The van der Waals surface area contributed by atoms with Crippen LogP contribution in [0.4, 0.5) is 0 Å². The molecule has 0 spiro atoms. The number of hydrogen-bond acceptors (Lipinski definition) is 6. The molecule has 1 fully saturated rings. The molecular formula is C22H26N2O3S. The summed E-state index contributed by atoms with van der Waals surface area (Å²) in [6.45, 7) is 4.89. The quantitative estimate of drug-likeness (QED) is 0.671. The smallest absolute Gasteiger partial charge is 0.140 e. The van der Waals surface area contributed by atoms with Gasteiger partial charge in [-0.15, -0.1) is 11.3 Å². The largest absolute Gasteiger partial charge is 0.497 e. The van der Waals surface area contributed by atoms with Crippen molar-refractivity contribution in [2.45, 2.75) is 38.3 Å². The first-order valence-corrected chi connectivity index (χ1v) is 10.4. The number of methoxy groups -OCH3 is 1. The molecule has 0 saturated carbocycles. The molecule has 0 aliphatic carbocycles. The number of aliphatic hydroxyl groups is 1. The van der Waals surface area contributed by atoms with E-state index in [1.165, 1.54) is 9.75 Å². The van der Waals surface area contributed by atoms with Gasteiger partial charge in [0.25, 0.3) is 0 Å². The van der Waals surface area contributed by atoms with Crippen molar-refractivity contribution < 1.29 is 14.4 Å². The number of hydrogen-bond donors (Lipinski definition) is 1. The number of thiophene rings is 1. The molecule has 0 amide bonds. The maximum atomic E-state index is 11.0. The molecule has 3 heterocycles. The van der Waals surface area contributed by atoms with Crippen LogP contribution in [0.1, 0.15) is 28.4 Å². The van der Waals surface area contributed by atoms with Gasteiger partial charge in [0.2, 0.25) is 0 Å². The Morgan fingerprint density at radius 1 is 1.21 bits per heavy atom. The predicted molar refractivity (Wildman–Crippen MR) is 111 cm³/mol. The zero-order chi connectivity index (χ0) is 19.6. The molecule has 1 aliphatic rings. The van der Waals surface area contributed by atoms with Gasteiger partial charge < -0.3 is 14.4 Å². The fourth-order valence-electron chi connectivity index (χ4n) is 3.73. The zero-order valence-electron chi connectivity index (χ0n) is 16.4. The normalized spacial score (nSPS) is 17.0. The summed E-state index contributed by atoms with van der Waals surface area (Å²) in [4.78, 5) is 5.16. The third kappa shape index (κ3) is 4.46. The lowest BCUT2D eigenvalue weighted by molar-refractivity contribution is -0.0263. The Kier molecular flexibility index (Phi) is 5.53. The van der Waals surface area contributed by atoms with Crippen LogP contribution in [0.15, 0.2) is 47.0 Å². The monoisotopic (exact) mass is 398 g/mol. The molecule has 148 valence electrons. The van der Waals surface area contributed by atoms with E-state index in [2.05, 4.69) is 29.1 Å². The third-order valence-corrected chi connectivity index (χ3v) is 6.38. The first kappa shape index (κ1) is 19.2. The van der Waals surface area contributed by atoms with Gasteiger partial charge in [-0.25, -0.2) is 0 Å². The van der Waals surface area contributed by atoms with Gasteiger partial charge in [-0.05, 0) is 44.0 Å². The highest BCUT2D eigenvalue weighted by Crippen LogP contribution is 2.30. The molecule has 1 N–H and O–H groups in total. The Hall–Kier alpha value is -2.15. The third-order valence-electron chi connectivity index (χ3n) is 5.39. The fraction of sp³-hybridized carbons (Fsp3) is 0.409. The van der Waals surface area contributed by atoms with Crippen molar-refractivity contribution >= 4 is 11.3 Å². The summed E-state index contributed by atoms with van der Waals surface area (Å²) in [6, 6.07) is 14.0. The van der Waals surface area contributed by atoms with Gasteiger partial charge in [-0.3, -0.25) is 4.90 Å². The number of likely N-dealkylation sites (tertiary alicyclic amines) is 1. The van der Waals surface area contributed by atoms with Gasteiger partial charge in [0.1, 0.15) is 17.2 Å². The SMILES string of the molecule is COc1cccc(-c2cc(CC3(O)CCN(Cc4ccc(C)s4)CC3)on2)c1. The molecule has 3 aromatic rings. The molecule has 0 bridgehead atoms. The van der Waals surface area contributed by atoms with Crippen LogP contribution < -0.4 is 4.74 Å². The van der Waals surface area contributed by atoms with Gasteiger partial charge in [-0.1, -0.05) is 17.3 Å². The molecule has 1 aliphatic heterocycles. The molecule has 1 aromatic carbocycles. The van der Waals surface area contributed by atoms with Crippen molar-refractivity contribution in [1.82, 2.24) is 10.1 Å². The van der Waals surface area contributed by atoms with Gasteiger partial charge in [0.15, 0.2) is 0 Å². The van der Waals surface area contributed by atoms with Crippen molar-refractivity contribution in [3.05, 3.63) is 58.0 Å². The minimum Gasteiger partial charge on any atom is -0.497 e. The van der Waals surface area contributed by atoms with E-state index < -0.39 is 5.60 Å². The number of nitrogens with zero attached hydrogens (tertiary/aromatic N) is 2. The molecule has 2 aromatic heterocycles. The highest BCUT2D eigenvalue weighted by atomic mass is 32.1. The lowest BCUT2D eigenvalue weighted by Gasteiger charge is -2.37. The summed E-state index contributed by atoms with van der Waals surface area (Å²) in [5.74, 6) is 1.51. The number of aryl methyl sites for hydroxylation is 1. The molecule has 0 atom stereocenters. The standard InChI is InChI=1S/C22H26N2O3S/c1-16-6-7-20(28-16)15-24-10-8-22(25,9-11-24)14-19-13-21(23-27-19)17-4-3-5-18(12-17)26-2/h3-7,12-13,25H,8-11,14-15H2,1-2H3. The molecule has 4 rings (SSSR count). The van der Waals surface area contributed by atoms with Crippen molar-refractivity contribution in [1.29, 1.82) is 0 Å². The lowest BCUT2D eigenvalue weighted by atomic mass is 9.87. The van der Waals surface area contributed by atoms with E-state index in [4.69, 9.17) is 9.26 Å².